The molecular weight excluding hydrogens is 363 g/mol. The minimum atomic E-state index is -0.494. The fourth-order valence-electron chi connectivity index (χ4n) is 2.74. The number of nitrogens with one attached hydrogen (secondary N) is 2. The third-order valence-corrected chi connectivity index (χ3v) is 4.39. The van der Waals surface area contributed by atoms with Crippen LogP contribution in [0.2, 0.25) is 0 Å². The molecule has 0 saturated heterocycles. The molecule has 1 aliphatic carbocycles. The van der Waals surface area contributed by atoms with E-state index in [1.54, 1.807) is 6.07 Å². The maximum absolute atomic E-state index is 13.7. The Morgan fingerprint density at radius 3 is 2.61 bits per heavy atom. The highest BCUT2D eigenvalue weighted by atomic mass is 79.9. The highest BCUT2D eigenvalue weighted by Gasteiger charge is 2.28. The fourth-order valence-corrected chi connectivity index (χ4v) is 3.20. The van der Waals surface area contributed by atoms with E-state index in [1.807, 2.05) is 27.7 Å². The first-order valence-electron chi connectivity index (χ1n) is 7.86. The van der Waals surface area contributed by atoms with Gasteiger partial charge in [-0.15, -0.1) is 0 Å². The average Bonchev–Trinajstić information content (AvgIpc) is 2.80. The zero-order chi connectivity index (χ0) is 17.2. The molecule has 128 valence electrons. The van der Waals surface area contributed by atoms with Gasteiger partial charge in [-0.3, -0.25) is 0 Å². The van der Waals surface area contributed by atoms with Gasteiger partial charge in [0, 0.05) is 17.8 Å². The third-order valence-electron chi connectivity index (χ3n) is 3.78. The van der Waals surface area contributed by atoms with Crippen molar-refractivity contribution in [2.45, 2.75) is 64.6 Å². The number of anilines is 1. The van der Waals surface area contributed by atoms with E-state index in [-0.39, 0.29) is 24.0 Å². The Bertz CT molecular complexity index is 587. The number of alkyl carbamates (subject to hydrolysis) is 1. The van der Waals surface area contributed by atoms with Crippen LogP contribution in [0.15, 0.2) is 16.6 Å². The molecule has 2 unspecified atom stereocenters. The second-order valence-corrected chi connectivity index (χ2v) is 7.93. The van der Waals surface area contributed by atoms with Crippen molar-refractivity contribution in [3.8, 4) is 0 Å². The molecule has 0 spiro atoms. The van der Waals surface area contributed by atoms with Crippen LogP contribution in [0, 0.1) is 12.7 Å². The van der Waals surface area contributed by atoms with E-state index in [1.165, 1.54) is 6.07 Å². The van der Waals surface area contributed by atoms with Gasteiger partial charge in [0.05, 0.1) is 4.47 Å². The van der Waals surface area contributed by atoms with Crippen molar-refractivity contribution in [3.63, 3.8) is 0 Å². The first-order chi connectivity index (χ1) is 10.6. The van der Waals surface area contributed by atoms with Gasteiger partial charge in [-0.2, -0.15) is 0 Å². The number of carbonyl (C=O) groups is 1. The molecule has 0 aliphatic heterocycles. The number of aryl methyl sites for hydroxylation is 1. The number of benzene rings is 1. The molecule has 1 saturated carbocycles. The van der Waals surface area contributed by atoms with Crippen molar-refractivity contribution in [2.24, 2.45) is 0 Å². The summed E-state index contributed by atoms with van der Waals surface area (Å²) in [6.45, 7) is 7.47. The molecule has 2 atom stereocenters. The van der Waals surface area contributed by atoms with E-state index in [4.69, 9.17) is 4.74 Å². The van der Waals surface area contributed by atoms with Gasteiger partial charge in [0.1, 0.15) is 11.4 Å². The van der Waals surface area contributed by atoms with Gasteiger partial charge in [-0.25, -0.2) is 9.18 Å². The summed E-state index contributed by atoms with van der Waals surface area (Å²) in [6, 6.07) is 3.58. The molecule has 1 amide bonds. The van der Waals surface area contributed by atoms with E-state index in [2.05, 4.69) is 26.6 Å². The minimum Gasteiger partial charge on any atom is -0.444 e. The second-order valence-electron chi connectivity index (χ2n) is 7.08. The molecule has 2 N–H and O–H groups in total. The summed E-state index contributed by atoms with van der Waals surface area (Å²) in [6.07, 6.45) is 2.23. The van der Waals surface area contributed by atoms with Crippen LogP contribution in [0.4, 0.5) is 14.9 Å². The normalized spacial score (nSPS) is 21.1. The van der Waals surface area contributed by atoms with Crippen LogP contribution in [-0.2, 0) is 4.74 Å². The lowest BCUT2D eigenvalue weighted by Crippen LogP contribution is -2.38. The zero-order valence-corrected chi connectivity index (χ0v) is 15.6. The lowest BCUT2D eigenvalue weighted by molar-refractivity contribution is 0.0505. The lowest BCUT2D eigenvalue weighted by Gasteiger charge is -2.22. The molecular formula is C17H24BrFN2O2. The van der Waals surface area contributed by atoms with Crippen LogP contribution in [0.5, 0.6) is 0 Å². The second kappa shape index (κ2) is 7.07. The zero-order valence-electron chi connectivity index (χ0n) is 14.0. The molecule has 1 aromatic carbocycles. The Balaban J connectivity index is 1.89. The largest absolute Gasteiger partial charge is 0.444 e. The molecule has 0 radical (unpaired) electrons. The first-order valence-corrected chi connectivity index (χ1v) is 8.65. The van der Waals surface area contributed by atoms with E-state index in [0.29, 0.717) is 4.47 Å². The van der Waals surface area contributed by atoms with Crippen LogP contribution in [0.1, 0.15) is 45.6 Å². The standard InChI is InChI=1S/C17H24BrFN2O2/c1-10-7-13(18)14(19)9-15(10)20-11-5-6-12(8-11)21-16(22)23-17(2,3)4/h7,9,11-12,20H,5-6,8H2,1-4H3,(H,21,22). The number of hydrogen-bond donors (Lipinski definition) is 2. The number of rotatable bonds is 3. The summed E-state index contributed by atoms with van der Waals surface area (Å²) in [7, 11) is 0. The van der Waals surface area contributed by atoms with Gasteiger partial charge >= 0.3 is 6.09 Å². The molecule has 2 rings (SSSR count). The lowest BCUT2D eigenvalue weighted by atomic mass is 10.1. The van der Waals surface area contributed by atoms with Crippen LogP contribution in [0.25, 0.3) is 0 Å². The topological polar surface area (TPSA) is 50.4 Å². The van der Waals surface area contributed by atoms with Gasteiger partial charge in [0.15, 0.2) is 0 Å². The van der Waals surface area contributed by atoms with Gasteiger partial charge < -0.3 is 15.4 Å². The number of halogens is 2. The van der Waals surface area contributed by atoms with Crippen LogP contribution >= 0.6 is 15.9 Å². The van der Waals surface area contributed by atoms with Crippen LogP contribution in [0.3, 0.4) is 0 Å². The van der Waals surface area contributed by atoms with E-state index >= 15 is 0 Å². The molecule has 6 heteroatoms. The van der Waals surface area contributed by atoms with Gasteiger partial charge in [0.2, 0.25) is 0 Å². The molecule has 0 aromatic heterocycles. The van der Waals surface area contributed by atoms with Crippen LogP contribution in [-0.4, -0.2) is 23.8 Å². The summed E-state index contributed by atoms with van der Waals surface area (Å²) in [5.41, 5.74) is 1.29. The van der Waals surface area contributed by atoms with Gasteiger partial charge in [-0.05, 0) is 80.6 Å². The summed E-state index contributed by atoms with van der Waals surface area (Å²) in [5.74, 6) is -0.278. The Morgan fingerprint density at radius 1 is 1.30 bits per heavy atom. The molecule has 0 heterocycles. The van der Waals surface area contributed by atoms with Crippen molar-refractivity contribution in [1.29, 1.82) is 0 Å². The third kappa shape index (κ3) is 5.37. The molecule has 23 heavy (non-hydrogen) atoms. The fraction of sp³-hybridized carbons (Fsp3) is 0.588. The smallest absolute Gasteiger partial charge is 0.407 e. The van der Waals surface area contributed by atoms with Crippen molar-refractivity contribution in [3.05, 3.63) is 28.0 Å². The quantitative estimate of drug-likeness (QED) is 0.787. The van der Waals surface area contributed by atoms with Gasteiger partial charge in [-0.1, -0.05) is 0 Å². The number of carbonyl (C=O) groups excluding carboxylic acids is 1. The van der Waals surface area contributed by atoms with Crippen molar-refractivity contribution in [1.82, 2.24) is 5.32 Å². The Morgan fingerprint density at radius 2 is 1.96 bits per heavy atom. The van der Waals surface area contributed by atoms with Crippen molar-refractivity contribution < 1.29 is 13.9 Å². The molecule has 1 fully saturated rings. The maximum atomic E-state index is 13.7. The van der Waals surface area contributed by atoms with Gasteiger partial charge in [0.25, 0.3) is 0 Å². The summed E-state index contributed by atoms with van der Waals surface area (Å²) < 4.78 is 19.4. The maximum Gasteiger partial charge on any atom is 0.407 e. The number of amides is 1. The summed E-state index contributed by atoms with van der Waals surface area (Å²) in [5, 5.41) is 6.28. The summed E-state index contributed by atoms with van der Waals surface area (Å²) in [4.78, 5) is 11.8. The van der Waals surface area contributed by atoms with E-state index in [0.717, 1.165) is 30.5 Å². The Hall–Kier alpha value is -1.30. The number of ether oxygens (including phenoxy) is 1. The molecule has 1 aliphatic rings. The minimum absolute atomic E-state index is 0.0861. The first kappa shape index (κ1) is 18.0. The van der Waals surface area contributed by atoms with Crippen molar-refractivity contribution >= 4 is 27.7 Å². The van der Waals surface area contributed by atoms with E-state index in [9.17, 15) is 9.18 Å². The van der Waals surface area contributed by atoms with E-state index < -0.39 is 5.60 Å². The predicted octanol–water partition coefficient (Wildman–Crippen LogP) is 4.75. The molecule has 4 nitrogen and oxygen atoms in total. The molecule has 0 bridgehead atoms. The predicted molar refractivity (Wildman–Crippen MR) is 93.3 cm³/mol. The Kier molecular flexibility index (Phi) is 5.55. The monoisotopic (exact) mass is 386 g/mol. The Labute approximate surface area is 145 Å². The summed E-state index contributed by atoms with van der Waals surface area (Å²) >= 11 is 3.19. The highest BCUT2D eigenvalue weighted by Crippen LogP contribution is 2.28. The van der Waals surface area contributed by atoms with Crippen molar-refractivity contribution in [2.75, 3.05) is 5.32 Å². The highest BCUT2D eigenvalue weighted by molar-refractivity contribution is 9.10. The van der Waals surface area contributed by atoms with Crippen LogP contribution < -0.4 is 10.6 Å². The average molecular weight is 387 g/mol. The SMILES string of the molecule is Cc1cc(Br)c(F)cc1NC1CCC(NC(=O)OC(C)(C)C)C1. The molecule has 1 aromatic rings. The number of hydrogen-bond acceptors (Lipinski definition) is 3.